The van der Waals surface area contributed by atoms with Crippen LogP contribution >= 0.6 is 11.6 Å². The standard InChI is InChI=1S/C15H10ClF3N2O/c16-13-9-12(6-8-20-13)21-14(22)11-3-1-10(2-4-11)5-7-15(17,18)19/h1-9H,(H,20,21,22). The van der Waals surface area contributed by atoms with Crippen LogP contribution in [0.2, 0.25) is 5.15 Å². The van der Waals surface area contributed by atoms with Gasteiger partial charge in [0, 0.05) is 23.5 Å². The van der Waals surface area contributed by atoms with E-state index in [-0.39, 0.29) is 11.2 Å². The van der Waals surface area contributed by atoms with E-state index >= 15 is 0 Å². The molecule has 0 atom stereocenters. The van der Waals surface area contributed by atoms with Gasteiger partial charge in [-0.15, -0.1) is 0 Å². The third kappa shape index (κ3) is 4.89. The van der Waals surface area contributed by atoms with Crippen LogP contribution < -0.4 is 5.32 Å². The Morgan fingerprint density at radius 1 is 1.18 bits per heavy atom. The fourth-order valence-corrected chi connectivity index (χ4v) is 1.79. The zero-order valence-electron chi connectivity index (χ0n) is 11.1. The molecule has 22 heavy (non-hydrogen) atoms. The molecule has 1 amide bonds. The first-order chi connectivity index (χ1) is 10.3. The molecular weight excluding hydrogens is 317 g/mol. The highest BCUT2D eigenvalue weighted by molar-refractivity contribution is 6.29. The second-order valence-electron chi connectivity index (χ2n) is 4.32. The van der Waals surface area contributed by atoms with Crippen molar-refractivity contribution in [2.45, 2.75) is 6.18 Å². The molecule has 1 heterocycles. The number of benzene rings is 1. The number of carbonyl (C=O) groups excluding carboxylic acids is 1. The minimum Gasteiger partial charge on any atom is -0.322 e. The van der Waals surface area contributed by atoms with E-state index in [0.717, 1.165) is 6.08 Å². The monoisotopic (exact) mass is 326 g/mol. The smallest absolute Gasteiger partial charge is 0.322 e. The molecule has 1 aromatic carbocycles. The van der Waals surface area contributed by atoms with Crippen LogP contribution in [0.1, 0.15) is 15.9 Å². The molecule has 2 rings (SSSR count). The number of aromatic nitrogens is 1. The number of allylic oxidation sites excluding steroid dienone is 1. The lowest BCUT2D eigenvalue weighted by Gasteiger charge is -2.05. The fourth-order valence-electron chi connectivity index (χ4n) is 1.62. The van der Waals surface area contributed by atoms with Crippen LogP contribution in [0.15, 0.2) is 48.7 Å². The van der Waals surface area contributed by atoms with Gasteiger partial charge in [-0.05, 0) is 29.8 Å². The molecule has 0 aliphatic rings. The summed E-state index contributed by atoms with van der Waals surface area (Å²) in [6.45, 7) is 0. The Labute approximate surface area is 129 Å². The average Bonchev–Trinajstić information content (AvgIpc) is 2.45. The summed E-state index contributed by atoms with van der Waals surface area (Å²) in [6.07, 6.45) is -1.84. The lowest BCUT2D eigenvalue weighted by molar-refractivity contribution is -0.0790. The highest BCUT2D eigenvalue weighted by atomic mass is 35.5. The van der Waals surface area contributed by atoms with Crippen LogP contribution in [-0.2, 0) is 0 Å². The third-order valence-electron chi connectivity index (χ3n) is 2.62. The topological polar surface area (TPSA) is 42.0 Å². The molecular formula is C15H10ClF3N2O. The van der Waals surface area contributed by atoms with Crippen molar-refractivity contribution in [3.63, 3.8) is 0 Å². The van der Waals surface area contributed by atoms with Gasteiger partial charge in [-0.3, -0.25) is 4.79 Å². The normalized spacial score (nSPS) is 11.6. The Kier molecular flexibility index (Phi) is 4.82. The second kappa shape index (κ2) is 6.62. The van der Waals surface area contributed by atoms with Crippen molar-refractivity contribution in [1.82, 2.24) is 4.98 Å². The molecule has 1 aromatic heterocycles. The van der Waals surface area contributed by atoms with Gasteiger partial charge >= 0.3 is 6.18 Å². The van der Waals surface area contributed by atoms with Gasteiger partial charge in [-0.1, -0.05) is 29.8 Å². The van der Waals surface area contributed by atoms with Gasteiger partial charge in [0.1, 0.15) is 5.15 Å². The Balaban J connectivity index is 2.07. The van der Waals surface area contributed by atoms with Crippen LogP contribution in [-0.4, -0.2) is 17.1 Å². The third-order valence-corrected chi connectivity index (χ3v) is 2.83. The molecule has 0 saturated heterocycles. The quantitative estimate of drug-likeness (QED) is 0.840. The van der Waals surface area contributed by atoms with E-state index in [9.17, 15) is 18.0 Å². The lowest BCUT2D eigenvalue weighted by Crippen LogP contribution is -2.11. The van der Waals surface area contributed by atoms with E-state index in [1.54, 1.807) is 6.07 Å². The summed E-state index contributed by atoms with van der Waals surface area (Å²) in [4.78, 5) is 15.8. The van der Waals surface area contributed by atoms with Gasteiger partial charge in [0.15, 0.2) is 0 Å². The average molecular weight is 327 g/mol. The number of pyridine rings is 1. The maximum absolute atomic E-state index is 12.1. The first kappa shape index (κ1) is 16.0. The van der Waals surface area contributed by atoms with Crippen molar-refractivity contribution in [2.24, 2.45) is 0 Å². The number of carbonyl (C=O) groups is 1. The number of nitrogens with zero attached hydrogens (tertiary/aromatic N) is 1. The highest BCUT2D eigenvalue weighted by Gasteiger charge is 2.21. The van der Waals surface area contributed by atoms with Crippen molar-refractivity contribution in [1.29, 1.82) is 0 Å². The van der Waals surface area contributed by atoms with Crippen LogP contribution in [0.5, 0.6) is 0 Å². The molecule has 3 nitrogen and oxygen atoms in total. The van der Waals surface area contributed by atoms with Crippen LogP contribution in [0, 0.1) is 0 Å². The van der Waals surface area contributed by atoms with Gasteiger partial charge in [-0.2, -0.15) is 13.2 Å². The number of hydrogen-bond donors (Lipinski definition) is 1. The van der Waals surface area contributed by atoms with Crippen LogP contribution in [0.3, 0.4) is 0 Å². The molecule has 0 unspecified atom stereocenters. The van der Waals surface area contributed by atoms with Crippen molar-refractivity contribution in [2.75, 3.05) is 5.32 Å². The molecule has 0 spiro atoms. The van der Waals surface area contributed by atoms with Crippen molar-refractivity contribution < 1.29 is 18.0 Å². The van der Waals surface area contributed by atoms with Crippen LogP contribution in [0.25, 0.3) is 6.08 Å². The first-order valence-corrected chi connectivity index (χ1v) is 6.50. The number of amides is 1. The summed E-state index contributed by atoms with van der Waals surface area (Å²) in [5.41, 5.74) is 1.14. The van der Waals surface area contributed by atoms with E-state index < -0.39 is 12.1 Å². The molecule has 0 aliphatic carbocycles. The van der Waals surface area contributed by atoms with Gasteiger partial charge in [0.2, 0.25) is 0 Å². The maximum Gasteiger partial charge on any atom is 0.409 e. The molecule has 0 bridgehead atoms. The molecule has 0 fully saturated rings. The number of alkyl halides is 3. The Bertz CT molecular complexity index is 697. The largest absolute Gasteiger partial charge is 0.409 e. The molecule has 2 aromatic rings. The minimum absolute atomic E-state index is 0.140. The number of rotatable bonds is 3. The van der Waals surface area contributed by atoms with Gasteiger partial charge in [-0.25, -0.2) is 4.98 Å². The zero-order valence-corrected chi connectivity index (χ0v) is 11.8. The van der Waals surface area contributed by atoms with Crippen molar-refractivity contribution >= 4 is 29.3 Å². The fraction of sp³-hybridized carbons (Fsp3) is 0.0667. The lowest BCUT2D eigenvalue weighted by atomic mass is 10.1. The zero-order chi connectivity index (χ0) is 16.2. The number of hydrogen-bond acceptors (Lipinski definition) is 2. The Hall–Kier alpha value is -2.34. The van der Waals surface area contributed by atoms with Crippen LogP contribution in [0.4, 0.5) is 18.9 Å². The van der Waals surface area contributed by atoms with Gasteiger partial charge in [0.25, 0.3) is 5.91 Å². The van der Waals surface area contributed by atoms with Gasteiger partial charge < -0.3 is 5.32 Å². The van der Waals surface area contributed by atoms with Crippen molar-refractivity contribution in [3.05, 3.63) is 65.0 Å². The van der Waals surface area contributed by atoms with Gasteiger partial charge in [0.05, 0.1) is 0 Å². The molecule has 7 heteroatoms. The summed E-state index contributed by atoms with van der Waals surface area (Å²) >= 11 is 5.70. The summed E-state index contributed by atoms with van der Waals surface area (Å²) in [5, 5.41) is 2.85. The first-order valence-electron chi connectivity index (χ1n) is 6.12. The molecule has 1 N–H and O–H groups in total. The summed E-state index contributed by atoms with van der Waals surface area (Å²) < 4.78 is 36.2. The minimum atomic E-state index is -4.36. The molecule has 0 saturated carbocycles. The number of nitrogens with one attached hydrogen (secondary N) is 1. The predicted molar refractivity (Wildman–Crippen MR) is 78.7 cm³/mol. The van der Waals surface area contributed by atoms with E-state index in [4.69, 9.17) is 11.6 Å². The number of anilines is 1. The molecule has 114 valence electrons. The second-order valence-corrected chi connectivity index (χ2v) is 4.71. The number of halogens is 4. The predicted octanol–water partition coefficient (Wildman–Crippen LogP) is 4.56. The molecule has 0 radical (unpaired) electrons. The van der Waals surface area contributed by atoms with E-state index in [1.165, 1.54) is 36.5 Å². The maximum atomic E-state index is 12.1. The SMILES string of the molecule is O=C(Nc1ccnc(Cl)c1)c1ccc(C=CC(F)(F)F)cc1. The Morgan fingerprint density at radius 2 is 1.86 bits per heavy atom. The Morgan fingerprint density at radius 3 is 2.45 bits per heavy atom. The molecule has 0 aliphatic heterocycles. The highest BCUT2D eigenvalue weighted by Crippen LogP contribution is 2.19. The van der Waals surface area contributed by atoms with E-state index in [0.29, 0.717) is 16.8 Å². The summed E-state index contributed by atoms with van der Waals surface area (Å²) in [6, 6.07) is 8.79. The summed E-state index contributed by atoms with van der Waals surface area (Å²) in [5.74, 6) is -0.395. The van der Waals surface area contributed by atoms with Crippen molar-refractivity contribution in [3.8, 4) is 0 Å². The summed E-state index contributed by atoms with van der Waals surface area (Å²) in [7, 11) is 0. The van der Waals surface area contributed by atoms with E-state index in [1.807, 2.05) is 0 Å². The van der Waals surface area contributed by atoms with E-state index in [2.05, 4.69) is 10.3 Å².